The first-order valence-corrected chi connectivity index (χ1v) is 17.1. The molecular weight excluding hydrogens is 779 g/mol. The average molecular weight is 840 g/mol. The van der Waals surface area contributed by atoms with E-state index in [0.717, 1.165) is 74.8 Å². The Labute approximate surface area is 280 Å². The number of halogens is 6. The van der Waals surface area contributed by atoms with Crippen molar-refractivity contribution in [1.82, 2.24) is 0 Å². The molecule has 0 bridgehead atoms. The minimum absolute atomic E-state index is 0. The van der Waals surface area contributed by atoms with Crippen molar-refractivity contribution >= 4 is 15.4 Å². The maximum absolute atomic E-state index is 10.9. The van der Waals surface area contributed by atoms with E-state index in [1.165, 1.54) is 0 Å². The standard InChI is InChI=1S/3C8H18N.C5H5.C2HF6Ge.Hf/c3*1-7(2)5-9-6-8(3)4;1-2-4-5-3-1;3-1(4,5)9-2(6,7)8;/h3*7-8H,5-6H2,1-4H3;1-5H;9H;/q4*-1;;+4. The van der Waals surface area contributed by atoms with Crippen LogP contribution in [0.3, 0.4) is 0 Å². The molecule has 1 aromatic rings. The third-order valence-electron chi connectivity index (χ3n) is 3.85. The third kappa shape index (κ3) is 72.5. The summed E-state index contributed by atoms with van der Waals surface area (Å²) in [6.07, 6.45) is 0. The zero-order valence-corrected chi connectivity index (χ0v) is 34.3. The Morgan fingerprint density at radius 1 is 0.476 bits per heavy atom. The molecule has 0 aliphatic rings. The Balaban J connectivity index is -0.000000136. The third-order valence-corrected chi connectivity index (χ3v) is 5.22. The van der Waals surface area contributed by atoms with Crippen LogP contribution in [0.25, 0.3) is 16.0 Å². The van der Waals surface area contributed by atoms with E-state index >= 15 is 0 Å². The van der Waals surface area contributed by atoms with E-state index in [4.69, 9.17) is 0 Å². The molecule has 1 aromatic carbocycles. The molecule has 0 saturated carbocycles. The zero-order valence-electron chi connectivity index (χ0n) is 28.3. The van der Waals surface area contributed by atoms with Gasteiger partial charge in [-0.3, -0.25) is 0 Å². The fourth-order valence-electron chi connectivity index (χ4n) is 2.28. The molecule has 0 amide bonds. The second-order valence-electron chi connectivity index (χ2n) is 12.3. The molecule has 0 heterocycles. The average Bonchev–Trinajstić information content (AvgIpc) is 3.31. The van der Waals surface area contributed by atoms with Crippen LogP contribution in [0.5, 0.6) is 0 Å². The second kappa shape index (κ2) is 32.6. The van der Waals surface area contributed by atoms with E-state index in [9.17, 15) is 26.3 Å². The molecule has 0 aliphatic carbocycles. The van der Waals surface area contributed by atoms with Crippen LogP contribution in [0.4, 0.5) is 26.3 Å². The van der Waals surface area contributed by atoms with Gasteiger partial charge in [0.25, 0.3) is 0 Å². The van der Waals surface area contributed by atoms with Crippen LogP contribution in [-0.4, -0.2) is 64.7 Å². The molecule has 11 heteroatoms. The summed E-state index contributed by atoms with van der Waals surface area (Å²) in [4.78, 5) is 0. The number of alkyl halides is 6. The van der Waals surface area contributed by atoms with Crippen LogP contribution >= 0.6 is 0 Å². The molecule has 0 aromatic heterocycles. The van der Waals surface area contributed by atoms with Crippen LogP contribution in [0.2, 0.25) is 0 Å². The van der Waals surface area contributed by atoms with E-state index in [0.29, 0.717) is 0 Å². The predicted octanol–water partition coefficient (Wildman–Crippen LogP) is 10.9. The van der Waals surface area contributed by atoms with Gasteiger partial charge in [0.1, 0.15) is 0 Å². The number of nitrogens with zero attached hydrogens (tertiary/aromatic N) is 3. The molecule has 1 rings (SSSR count). The molecule has 0 atom stereocenters. The first-order chi connectivity index (χ1) is 18.6. The van der Waals surface area contributed by atoms with Crippen LogP contribution < -0.4 is 0 Å². The van der Waals surface area contributed by atoms with Gasteiger partial charge in [-0.2, -0.15) is 18.2 Å². The Kier molecular flexibility index (Phi) is 40.2. The Hall–Kier alpha value is 0.223. The van der Waals surface area contributed by atoms with E-state index in [2.05, 4.69) is 99.0 Å². The number of rotatable bonds is 12. The van der Waals surface area contributed by atoms with Crippen LogP contribution in [0, 0.1) is 35.5 Å². The molecule has 1 radical (unpaired) electrons. The van der Waals surface area contributed by atoms with Crippen molar-refractivity contribution in [3.05, 3.63) is 46.3 Å². The molecule has 42 heavy (non-hydrogen) atoms. The van der Waals surface area contributed by atoms with Gasteiger partial charge < -0.3 is 16.0 Å². The quantitative estimate of drug-likeness (QED) is 0.114. The number of hydrogen-bond donors (Lipinski definition) is 0. The van der Waals surface area contributed by atoms with E-state index in [1.54, 1.807) is 0 Å². The normalized spacial score (nSPS) is 11.2. The maximum Gasteiger partial charge on any atom is 4.00 e. The maximum atomic E-state index is 10.9. The topological polar surface area (TPSA) is 42.3 Å². The summed E-state index contributed by atoms with van der Waals surface area (Å²) in [5, 5.41) is 3.14. The predicted molar refractivity (Wildman–Crippen MR) is 170 cm³/mol. The zero-order chi connectivity index (χ0) is 33.1. The van der Waals surface area contributed by atoms with Crippen molar-refractivity contribution in [2.45, 2.75) is 93.1 Å². The number of hydrogen-bond acceptors (Lipinski definition) is 0. The van der Waals surface area contributed by atoms with Crippen molar-refractivity contribution in [2.24, 2.45) is 35.5 Å². The molecule has 0 N–H and O–H groups in total. The molecule has 0 aliphatic heterocycles. The van der Waals surface area contributed by atoms with Crippen molar-refractivity contribution in [3.8, 4) is 0 Å². The van der Waals surface area contributed by atoms with Gasteiger partial charge in [0.15, 0.2) is 0 Å². The largest absolute Gasteiger partial charge is 4.00 e. The summed E-state index contributed by atoms with van der Waals surface area (Å²) >= 11 is -4.06. The smallest absolute Gasteiger partial charge is 0.214 e. The van der Waals surface area contributed by atoms with Gasteiger partial charge in [0.2, 0.25) is 0 Å². The van der Waals surface area contributed by atoms with Gasteiger partial charge in [-0.1, -0.05) is 119 Å². The first kappa shape index (κ1) is 51.8. The van der Waals surface area contributed by atoms with Gasteiger partial charge in [0.05, 0.1) is 0 Å². The summed E-state index contributed by atoms with van der Waals surface area (Å²) in [7, 11) is 0. The molecule has 0 unspecified atom stereocenters. The van der Waals surface area contributed by atoms with E-state index in [-0.39, 0.29) is 25.8 Å². The minimum Gasteiger partial charge on any atom is -0.214 e. The summed E-state index contributed by atoms with van der Waals surface area (Å²) in [6.45, 7) is 32.5. The first-order valence-electron chi connectivity index (χ1n) is 14.7. The summed E-state index contributed by atoms with van der Waals surface area (Å²) in [5.41, 5.74) is 0. The summed E-state index contributed by atoms with van der Waals surface area (Å²) in [6, 6.07) is 10.0. The Bertz CT molecular complexity index is 511. The Morgan fingerprint density at radius 2 is 0.667 bits per heavy atom. The van der Waals surface area contributed by atoms with Crippen molar-refractivity contribution in [1.29, 1.82) is 0 Å². The van der Waals surface area contributed by atoms with Gasteiger partial charge in [-0.25, -0.2) is 12.1 Å². The molecule has 249 valence electrons. The SMILES string of the molecule is CC(C)C[N-]CC(C)C.CC(C)C[N-]CC(C)C.CC(C)C[N-]CC(C)C.F[C](F)(F)[GeH][C](F)(F)F.[Hf+4].c1cc[cH-]c1. The van der Waals surface area contributed by atoms with Crippen molar-refractivity contribution in [2.75, 3.05) is 39.3 Å². The minimum atomic E-state index is -4.98. The second-order valence-corrected chi connectivity index (χ2v) is 15.7. The van der Waals surface area contributed by atoms with E-state index < -0.39 is 25.4 Å². The summed E-state index contributed by atoms with van der Waals surface area (Å²) < 4.78 is 65.4. The molecule has 0 saturated heterocycles. The van der Waals surface area contributed by atoms with Gasteiger partial charge in [-0.05, 0) is 0 Å². The fraction of sp³-hybridized carbons (Fsp3) is 0.839. The van der Waals surface area contributed by atoms with Crippen LogP contribution in [-0.2, 0) is 25.8 Å². The molecule has 0 spiro atoms. The van der Waals surface area contributed by atoms with Crippen LogP contribution in [0.1, 0.15) is 83.1 Å². The molecular formula is C31H60F6GeHfN3. The van der Waals surface area contributed by atoms with Crippen molar-refractivity contribution in [3.63, 3.8) is 0 Å². The molecule has 3 nitrogen and oxygen atoms in total. The van der Waals surface area contributed by atoms with Gasteiger partial charge in [0, 0.05) is 0 Å². The Morgan fingerprint density at radius 3 is 0.738 bits per heavy atom. The monoisotopic (exact) mass is 842 g/mol. The fourth-order valence-corrected chi connectivity index (χ4v) is 3.06. The molecule has 0 fully saturated rings. The van der Waals surface area contributed by atoms with Gasteiger partial charge in [-0.15, -0.1) is 39.3 Å². The summed E-state index contributed by atoms with van der Waals surface area (Å²) in [5.74, 6) is 4.35. The van der Waals surface area contributed by atoms with Gasteiger partial charge >= 0.3 is 77.6 Å². The van der Waals surface area contributed by atoms with E-state index in [1.807, 2.05) is 30.3 Å². The van der Waals surface area contributed by atoms with Crippen molar-refractivity contribution < 1.29 is 52.2 Å². The van der Waals surface area contributed by atoms with Crippen LogP contribution in [0.15, 0.2) is 30.3 Å².